The first-order valence-corrected chi connectivity index (χ1v) is 8.41. The highest BCUT2D eigenvalue weighted by Crippen LogP contribution is 2.17. The summed E-state index contributed by atoms with van der Waals surface area (Å²) in [7, 11) is 2.28. The largest absolute Gasteiger partial charge is 0.314 e. The molecule has 1 fully saturated rings. The highest BCUT2D eigenvalue weighted by atomic mass is 32.2. The molecule has 0 spiro atoms. The zero-order valence-electron chi connectivity index (χ0n) is 11.9. The highest BCUT2D eigenvalue weighted by molar-refractivity contribution is 7.99. The van der Waals surface area contributed by atoms with Crippen LogP contribution in [0, 0.1) is 0 Å². The maximum absolute atomic E-state index is 3.67. The summed E-state index contributed by atoms with van der Waals surface area (Å²) in [5.41, 5.74) is 0. The van der Waals surface area contributed by atoms with Crippen molar-refractivity contribution in [2.75, 3.05) is 31.6 Å². The van der Waals surface area contributed by atoms with Crippen molar-refractivity contribution in [2.45, 2.75) is 58.0 Å². The van der Waals surface area contributed by atoms with Gasteiger partial charge in [0.15, 0.2) is 0 Å². The van der Waals surface area contributed by atoms with Gasteiger partial charge in [-0.15, -0.1) is 0 Å². The molecule has 0 aromatic carbocycles. The molecule has 0 aliphatic carbocycles. The van der Waals surface area contributed by atoms with E-state index in [-0.39, 0.29) is 0 Å². The first kappa shape index (κ1) is 15.3. The molecular formula is C14H30N2S. The van der Waals surface area contributed by atoms with Crippen molar-refractivity contribution >= 4 is 11.8 Å². The molecule has 1 N–H and O–H groups in total. The molecule has 1 rings (SSSR count). The Morgan fingerprint density at radius 2 is 2.24 bits per heavy atom. The van der Waals surface area contributed by atoms with Crippen LogP contribution >= 0.6 is 11.8 Å². The Morgan fingerprint density at radius 1 is 1.41 bits per heavy atom. The minimum atomic E-state index is 0.683. The van der Waals surface area contributed by atoms with Gasteiger partial charge in [0.05, 0.1) is 0 Å². The SMILES string of the molecule is CCSCCC(C)NCCC1CCCCN1C. The molecule has 2 atom stereocenters. The molecule has 17 heavy (non-hydrogen) atoms. The van der Waals surface area contributed by atoms with Gasteiger partial charge in [-0.05, 0) is 64.2 Å². The van der Waals surface area contributed by atoms with Gasteiger partial charge in [0.1, 0.15) is 0 Å². The van der Waals surface area contributed by atoms with Crippen LogP contribution in [0.2, 0.25) is 0 Å². The molecule has 1 aliphatic rings. The van der Waals surface area contributed by atoms with Crippen LogP contribution in [-0.2, 0) is 0 Å². The molecule has 0 aromatic heterocycles. The van der Waals surface area contributed by atoms with Crippen molar-refractivity contribution in [1.82, 2.24) is 10.2 Å². The van der Waals surface area contributed by atoms with Crippen molar-refractivity contribution in [2.24, 2.45) is 0 Å². The molecule has 2 unspecified atom stereocenters. The second-order valence-electron chi connectivity index (χ2n) is 5.26. The van der Waals surface area contributed by atoms with Crippen LogP contribution in [-0.4, -0.2) is 48.6 Å². The minimum Gasteiger partial charge on any atom is -0.314 e. The van der Waals surface area contributed by atoms with Crippen LogP contribution in [0.4, 0.5) is 0 Å². The predicted octanol–water partition coefficient (Wildman–Crippen LogP) is 2.98. The van der Waals surface area contributed by atoms with Gasteiger partial charge in [-0.3, -0.25) is 0 Å². The number of nitrogens with zero attached hydrogens (tertiary/aromatic N) is 1. The third-order valence-electron chi connectivity index (χ3n) is 3.79. The number of nitrogens with one attached hydrogen (secondary N) is 1. The van der Waals surface area contributed by atoms with Gasteiger partial charge in [0, 0.05) is 12.1 Å². The van der Waals surface area contributed by atoms with E-state index in [2.05, 4.69) is 42.9 Å². The van der Waals surface area contributed by atoms with Gasteiger partial charge in [-0.25, -0.2) is 0 Å². The van der Waals surface area contributed by atoms with Crippen LogP contribution in [0.3, 0.4) is 0 Å². The molecule has 1 aliphatic heterocycles. The van der Waals surface area contributed by atoms with Crippen molar-refractivity contribution in [1.29, 1.82) is 0 Å². The number of hydrogen-bond acceptors (Lipinski definition) is 3. The number of thioether (sulfide) groups is 1. The summed E-state index contributed by atoms with van der Waals surface area (Å²) in [6, 6.07) is 1.51. The Labute approximate surface area is 112 Å². The van der Waals surface area contributed by atoms with Gasteiger partial charge in [0.2, 0.25) is 0 Å². The average molecular weight is 258 g/mol. The fourth-order valence-corrected chi connectivity index (χ4v) is 3.32. The molecule has 0 amide bonds. The molecule has 3 heteroatoms. The summed E-state index contributed by atoms with van der Waals surface area (Å²) in [5, 5.41) is 3.67. The maximum Gasteiger partial charge on any atom is 0.0104 e. The van der Waals surface area contributed by atoms with Gasteiger partial charge >= 0.3 is 0 Å². The highest BCUT2D eigenvalue weighted by Gasteiger charge is 2.18. The fourth-order valence-electron chi connectivity index (χ4n) is 2.51. The lowest BCUT2D eigenvalue weighted by atomic mass is 10.00. The molecule has 0 bridgehead atoms. The Morgan fingerprint density at radius 3 is 2.94 bits per heavy atom. The van der Waals surface area contributed by atoms with E-state index in [9.17, 15) is 0 Å². The zero-order valence-corrected chi connectivity index (χ0v) is 12.7. The standard InChI is InChI=1S/C14H30N2S/c1-4-17-12-9-13(2)15-10-8-14-7-5-6-11-16(14)3/h13-15H,4-12H2,1-3H3. The molecule has 0 aromatic rings. The summed E-state index contributed by atoms with van der Waals surface area (Å²) in [6.07, 6.45) is 6.85. The van der Waals surface area contributed by atoms with Crippen molar-refractivity contribution < 1.29 is 0 Å². The normalized spacial score (nSPS) is 23.8. The summed E-state index contributed by atoms with van der Waals surface area (Å²) in [5.74, 6) is 2.55. The van der Waals surface area contributed by atoms with E-state index in [0.717, 1.165) is 6.04 Å². The molecule has 2 nitrogen and oxygen atoms in total. The van der Waals surface area contributed by atoms with E-state index in [1.54, 1.807) is 0 Å². The zero-order chi connectivity index (χ0) is 12.5. The molecule has 0 saturated carbocycles. The molecular weight excluding hydrogens is 228 g/mol. The van der Waals surface area contributed by atoms with E-state index >= 15 is 0 Å². The van der Waals surface area contributed by atoms with E-state index in [1.165, 1.54) is 56.7 Å². The van der Waals surface area contributed by atoms with Crippen LogP contribution in [0.15, 0.2) is 0 Å². The predicted molar refractivity (Wildman–Crippen MR) is 80.0 cm³/mol. The van der Waals surface area contributed by atoms with Gasteiger partial charge in [0.25, 0.3) is 0 Å². The van der Waals surface area contributed by atoms with Crippen molar-refractivity contribution in [3.8, 4) is 0 Å². The summed E-state index contributed by atoms with van der Waals surface area (Å²) >= 11 is 2.05. The van der Waals surface area contributed by atoms with Crippen LogP contribution in [0.25, 0.3) is 0 Å². The Hall–Kier alpha value is 0.270. The second-order valence-corrected chi connectivity index (χ2v) is 6.65. The maximum atomic E-state index is 3.67. The number of rotatable bonds is 8. The van der Waals surface area contributed by atoms with Crippen LogP contribution < -0.4 is 5.32 Å². The van der Waals surface area contributed by atoms with Crippen LogP contribution in [0.5, 0.6) is 0 Å². The average Bonchev–Trinajstić information content (AvgIpc) is 2.32. The van der Waals surface area contributed by atoms with E-state index in [0.29, 0.717) is 6.04 Å². The van der Waals surface area contributed by atoms with Gasteiger partial charge < -0.3 is 10.2 Å². The van der Waals surface area contributed by atoms with E-state index in [1.807, 2.05) is 0 Å². The van der Waals surface area contributed by atoms with Crippen LogP contribution in [0.1, 0.15) is 46.0 Å². The number of hydrogen-bond donors (Lipinski definition) is 1. The number of piperidine rings is 1. The second kappa shape index (κ2) is 9.23. The fraction of sp³-hybridized carbons (Fsp3) is 1.00. The first-order chi connectivity index (χ1) is 8.24. The lowest BCUT2D eigenvalue weighted by Crippen LogP contribution is -2.39. The van der Waals surface area contributed by atoms with Gasteiger partial charge in [-0.1, -0.05) is 13.3 Å². The lowest BCUT2D eigenvalue weighted by molar-refractivity contribution is 0.174. The molecule has 102 valence electrons. The Kier molecular flexibility index (Phi) is 8.33. The molecule has 0 radical (unpaired) electrons. The van der Waals surface area contributed by atoms with Crippen molar-refractivity contribution in [3.63, 3.8) is 0 Å². The number of likely N-dealkylation sites (tertiary alicyclic amines) is 1. The third-order valence-corrected chi connectivity index (χ3v) is 4.72. The molecule has 1 saturated heterocycles. The van der Waals surface area contributed by atoms with Gasteiger partial charge in [-0.2, -0.15) is 11.8 Å². The lowest BCUT2D eigenvalue weighted by Gasteiger charge is -2.32. The Balaban J connectivity index is 2.01. The minimum absolute atomic E-state index is 0.683. The van der Waals surface area contributed by atoms with E-state index < -0.39 is 0 Å². The summed E-state index contributed by atoms with van der Waals surface area (Å²) in [4.78, 5) is 2.54. The third kappa shape index (κ3) is 6.68. The molecule has 1 heterocycles. The quantitative estimate of drug-likeness (QED) is 0.674. The smallest absolute Gasteiger partial charge is 0.0104 e. The Bertz CT molecular complexity index is 187. The summed E-state index contributed by atoms with van der Waals surface area (Å²) < 4.78 is 0. The first-order valence-electron chi connectivity index (χ1n) is 7.25. The topological polar surface area (TPSA) is 15.3 Å². The van der Waals surface area contributed by atoms with E-state index in [4.69, 9.17) is 0 Å². The van der Waals surface area contributed by atoms with Crippen molar-refractivity contribution in [3.05, 3.63) is 0 Å². The monoisotopic (exact) mass is 258 g/mol. The summed E-state index contributed by atoms with van der Waals surface area (Å²) in [6.45, 7) is 7.04.